The molecule has 2 rings (SSSR count). The molecule has 0 fully saturated rings. The molecule has 0 radical (unpaired) electrons. The molecule has 0 bridgehead atoms. The topological polar surface area (TPSA) is 68.3 Å². The molecule has 2 aromatic rings. The van der Waals surface area contributed by atoms with E-state index < -0.39 is 10.0 Å². The summed E-state index contributed by atoms with van der Waals surface area (Å²) in [5.74, 6) is 0.630. The van der Waals surface area contributed by atoms with Gasteiger partial charge in [0.15, 0.2) is 0 Å². The van der Waals surface area contributed by atoms with Crippen LogP contribution in [0.4, 0.5) is 0 Å². The van der Waals surface area contributed by atoms with E-state index in [1.165, 1.54) is 12.1 Å². The number of sulfonamides is 1. The first kappa shape index (κ1) is 15.5. The highest BCUT2D eigenvalue weighted by molar-refractivity contribution is 7.89. The summed E-state index contributed by atoms with van der Waals surface area (Å²) in [4.78, 5) is 4.27. The van der Waals surface area contributed by atoms with Crippen LogP contribution < -0.4 is 9.46 Å². The number of aryl methyl sites for hydroxylation is 1. The van der Waals surface area contributed by atoms with Gasteiger partial charge in [-0.1, -0.05) is 6.07 Å². The van der Waals surface area contributed by atoms with Crippen LogP contribution in [0.25, 0.3) is 0 Å². The Bertz CT molecular complexity index is 655. The van der Waals surface area contributed by atoms with Gasteiger partial charge >= 0.3 is 0 Å². The van der Waals surface area contributed by atoms with Crippen molar-refractivity contribution in [2.24, 2.45) is 0 Å². The number of nitrogens with zero attached hydrogens (tertiary/aromatic N) is 1. The molecular weight excluding hydrogens is 288 g/mol. The van der Waals surface area contributed by atoms with Gasteiger partial charge in [-0.3, -0.25) is 4.98 Å². The quantitative estimate of drug-likeness (QED) is 0.794. The van der Waals surface area contributed by atoms with Gasteiger partial charge in [-0.2, -0.15) is 0 Å². The highest BCUT2D eigenvalue weighted by Gasteiger charge is 2.12. The second-order valence-electron chi connectivity index (χ2n) is 4.54. The average molecular weight is 306 g/mol. The number of benzene rings is 1. The predicted octanol–water partition coefficient (Wildman–Crippen LogP) is 2.00. The van der Waals surface area contributed by atoms with Crippen LogP contribution >= 0.6 is 0 Å². The fourth-order valence-electron chi connectivity index (χ4n) is 1.88. The first-order valence-corrected chi connectivity index (χ1v) is 8.13. The van der Waals surface area contributed by atoms with Crippen LogP contribution in [0.5, 0.6) is 5.75 Å². The lowest BCUT2D eigenvalue weighted by molar-refractivity contribution is 0.414. The van der Waals surface area contributed by atoms with E-state index in [1.807, 2.05) is 12.1 Å². The maximum atomic E-state index is 12.1. The molecule has 0 spiro atoms. The number of hydrogen-bond acceptors (Lipinski definition) is 4. The van der Waals surface area contributed by atoms with E-state index in [0.717, 1.165) is 18.4 Å². The van der Waals surface area contributed by atoms with Crippen LogP contribution in [0.3, 0.4) is 0 Å². The lowest BCUT2D eigenvalue weighted by Gasteiger charge is -2.07. The van der Waals surface area contributed by atoms with Crippen LogP contribution in [0.1, 0.15) is 12.0 Å². The summed E-state index contributed by atoms with van der Waals surface area (Å²) in [6.07, 6.45) is 5.02. The van der Waals surface area contributed by atoms with Crippen molar-refractivity contribution in [1.82, 2.24) is 9.71 Å². The number of ether oxygens (including phenoxy) is 1. The smallest absolute Gasteiger partial charge is 0.240 e. The monoisotopic (exact) mass is 306 g/mol. The summed E-state index contributed by atoms with van der Waals surface area (Å²) >= 11 is 0. The molecule has 0 saturated carbocycles. The van der Waals surface area contributed by atoms with Gasteiger partial charge in [0.05, 0.1) is 12.0 Å². The number of nitrogens with one attached hydrogen (secondary N) is 1. The van der Waals surface area contributed by atoms with E-state index in [9.17, 15) is 8.42 Å². The van der Waals surface area contributed by atoms with E-state index in [2.05, 4.69) is 9.71 Å². The number of rotatable bonds is 7. The van der Waals surface area contributed by atoms with Crippen molar-refractivity contribution in [2.75, 3.05) is 13.7 Å². The zero-order valence-electron chi connectivity index (χ0n) is 11.8. The Morgan fingerprint density at radius 3 is 2.57 bits per heavy atom. The van der Waals surface area contributed by atoms with E-state index in [4.69, 9.17) is 4.74 Å². The first-order chi connectivity index (χ1) is 10.1. The molecule has 0 aliphatic heterocycles. The summed E-state index contributed by atoms with van der Waals surface area (Å²) in [6, 6.07) is 10.2. The standard InChI is InChI=1S/C15H18N2O3S/c1-20-14-6-8-15(9-7-14)21(18,19)17-11-3-5-13-4-2-10-16-12-13/h2,4,6-10,12,17H,3,5,11H2,1H3. The molecule has 1 aromatic heterocycles. The molecule has 0 amide bonds. The Labute approximate surface area is 125 Å². The van der Waals surface area contributed by atoms with Crippen molar-refractivity contribution in [3.05, 3.63) is 54.4 Å². The molecule has 6 heteroatoms. The molecule has 0 saturated heterocycles. The lowest BCUT2D eigenvalue weighted by atomic mass is 10.2. The van der Waals surface area contributed by atoms with Gasteiger partial charge in [0, 0.05) is 18.9 Å². The Kier molecular flexibility index (Phi) is 5.30. The Hall–Kier alpha value is -1.92. The summed E-state index contributed by atoms with van der Waals surface area (Å²) in [5, 5.41) is 0. The van der Waals surface area contributed by atoms with Crippen molar-refractivity contribution in [3.8, 4) is 5.75 Å². The third kappa shape index (κ3) is 4.54. The summed E-state index contributed by atoms with van der Waals surface area (Å²) in [5.41, 5.74) is 1.10. The van der Waals surface area contributed by atoms with Crippen LogP contribution in [-0.2, 0) is 16.4 Å². The maximum Gasteiger partial charge on any atom is 0.240 e. The van der Waals surface area contributed by atoms with Crippen LogP contribution in [0.15, 0.2) is 53.7 Å². The van der Waals surface area contributed by atoms with E-state index in [-0.39, 0.29) is 4.90 Å². The molecule has 0 unspecified atom stereocenters. The Balaban J connectivity index is 1.86. The van der Waals surface area contributed by atoms with Crippen molar-refractivity contribution < 1.29 is 13.2 Å². The van der Waals surface area contributed by atoms with Crippen molar-refractivity contribution in [3.63, 3.8) is 0 Å². The van der Waals surface area contributed by atoms with Gasteiger partial charge in [0.1, 0.15) is 5.75 Å². The molecule has 0 aliphatic rings. The van der Waals surface area contributed by atoms with Crippen LogP contribution in [-0.4, -0.2) is 27.1 Å². The zero-order valence-corrected chi connectivity index (χ0v) is 12.6. The molecule has 1 N–H and O–H groups in total. The normalized spacial score (nSPS) is 11.3. The molecule has 1 heterocycles. The second-order valence-corrected chi connectivity index (χ2v) is 6.31. The third-order valence-corrected chi connectivity index (χ3v) is 4.50. The highest BCUT2D eigenvalue weighted by atomic mass is 32.2. The SMILES string of the molecule is COc1ccc(S(=O)(=O)NCCCc2cccnc2)cc1. The maximum absolute atomic E-state index is 12.1. The number of pyridine rings is 1. The van der Waals surface area contributed by atoms with E-state index in [1.54, 1.807) is 31.6 Å². The minimum Gasteiger partial charge on any atom is -0.497 e. The molecule has 21 heavy (non-hydrogen) atoms. The molecule has 5 nitrogen and oxygen atoms in total. The molecular formula is C15H18N2O3S. The van der Waals surface area contributed by atoms with Crippen molar-refractivity contribution >= 4 is 10.0 Å². The fraction of sp³-hybridized carbons (Fsp3) is 0.267. The lowest BCUT2D eigenvalue weighted by Crippen LogP contribution is -2.25. The van der Waals surface area contributed by atoms with Crippen LogP contribution in [0, 0.1) is 0 Å². The Morgan fingerprint density at radius 1 is 1.19 bits per heavy atom. The van der Waals surface area contributed by atoms with Gasteiger partial charge in [0.2, 0.25) is 10.0 Å². The number of methoxy groups -OCH3 is 1. The summed E-state index contributed by atoms with van der Waals surface area (Å²) in [6.45, 7) is 0.392. The van der Waals surface area contributed by atoms with Gasteiger partial charge in [-0.25, -0.2) is 13.1 Å². The number of aromatic nitrogens is 1. The van der Waals surface area contributed by atoms with E-state index >= 15 is 0 Å². The summed E-state index contributed by atoms with van der Waals surface area (Å²) in [7, 11) is -1.92. The fourth-order valence-corrected chi connectivity index (χ4v) is 2.96. The van der Waals surface area contributed by atoms with Crippen LogP contribution in [0.2, 0.25) is 0 Å². The molecule has 1 aromatic carbocycles. The molecule has 0 atom stereocenters. The summed E-state index contributed by atoms with van der Waals surface area (Å²) < 4.78 is 31.8. The van der Waals surface area contributed by atoms with Gasteiger partial charge < -0.3 is 4.74 Å². The molecule has 0 aliphatic carbocycles. The van der Waals surface area contributed by atoms with E-state index in [0.29, 0.717) is 12.3 Å². The van der Waals surface area contributed by atoms with Gasteiger partial charge in [-0.05, 0) is 48.7 Å². The third-order valence-electron chi connectivity index (χ3n) is 3.03. The average Bonchev–Trinajstić information content (AvgIpc) is 2.53. The van der Waals surface area contributed by atoms with Gasteiger partial charge in [0.25, 0.3) is 0 Å². The van der Waals surface area contributed by atoms with Crippen molar-refractivity contribution in [1.29, 1.82) is 0 Å². The Morgan fingerprint density at radius 2 is 1.95 bits per heavy atom. The largest absolute Gasteiger partial charge is 0.497 e. The second kappa shape index (κ2) is 7.19. The zero-order chi connectivity index (χ0) is 15.1. The minimum absolute atomic E-state index is 0.240. The van der Waals surface area contributed by atoms with Crippen molar-refractivity contribution in [2.45, 2.75) is 17.7 Å². The highest BCUT2D eigenvalue weighted by Crippen LogP contribution is 2.15. The minimum atomic E-state index is -3.46. The predicted molar refractivity (Wildman–Crippen MR) is 80.7 cm³/mol. The van der Waals surface area contributed by atoms with Gasteiger partial charge in [-0.15, -0.1) is 0 Å². The number of hydrogen-bond donors (Lipinski definition) is 1. The molecule has 112 valence electrons. The first-order valence-electron chi connectivity index (χ1n) is 6.64.